The Morgan fingerprint density at radius 2 is 1.90 bits per heavy atom. The van der Waals surface area contributed by atoms with Crippen LogP contribution in [0.2, 0.25) is 5.28 Å². The molecular weight excluding hydrogens is 291 g/mol. The van der Waals surface area contributed by atoms with Crippen molar-refractivity contribution in [3.63, 3.8) is 0 Å². The first-order valence-corrected chi connectivity index (χ1v) is 7.12. The minimum atomic E-state index is -4.52. The maximum absolute atomic E-state index is 12.7. The Labute approximate surface area is 120 Å². The van der Waals surface area contributed by atoms with Gasteiger partial charge in [-0.1, -0.05) is 19.3 Å². The Bertz CT molecular complexity index is 459. The van der Waals surface area contributed by atoms with Gasteiger partial charge in [0.2, 0.25) is 5.28 Å². The molecule has 2 rings (SSSR count). The molecule has 1 aliphatic carbocycles. The first-order chi connectivity index (χ1) is 9.36. The van der Waals surface area contributed by atoms with E-state index in [9.17, 15) is 13.2 Å². The molecule has 1 aromatic heterocycles. The molecule has 1 fully saturated rings. The van der Waals surface area contributed by atoms with Crippen molar-refractivity contribution >= 4 is 17.4 Å². The fourth-order valence-electron chi connectivity index (χ4n) is 2.62. The smallest absolute Gasteiger partial charge is 0.367 e. The molecule has 1 aliphatic rings. The number of anilines is 1. The summed E-state index contributed by atoms with van der Waals surface area (Å²) in [5.41, 5.74) is -1.02. The highest BCUT2D eigenvalue weighted by atomic mass is 35.5. The Morgan fingerprint density at radius 1 is 1.25 bits per heavy atom. The maximum atomic E-state index is 12.7. The first kappa shape index (κ1) is 15.4. The van der Waals surface area contributed by atoms with Crippen LogP contribution in [0.25, 0.3) is 0 Å². The van der Waals surface area contributed by atoms with Crippen LogP contribution in [0.15, 0.2) is 6.07 Å². The van der Waals surface area contributed by atoms with Crippen LogP contribution in [0.4, 0.5) is 19.0 Å². The third-order valence-electron chi connectivity index (χ3n) is 3.72. The van der Waals surface area contributed by atoms with Crippen molar-refractivity contribution in [2.75, 3.05) is 5.32 Å². The van der Waals surface area contributed by atoms with Crippen LogP contribution in [0.1, 0.15) is 44.7 Å². The predicted molar refractivity (Wildman–Crippen MR) is 71.7 cm³/mol. The van der Waals surface area contributed by atoms with Gasteiger partial charge in [-0.15, -0.1) is 0 Å². The van der Waals surface area contributed by atoms with Crippen LogP contribution in [0.5, 0.6) is 0 Å². The predicted octanol–water partition coefficient (Wildman–Crippen LogP) is 4.53. The highest BCUT2D eigenvalue weighted by Crippen LogP contribution is 2.31. The summed E-state index contributed by atoms with van der Waals surface area (Å²) < 4.78 is 38.0. The Morgan fingerprint density at radius 3 is 2.50 bits per heavy atom. The maximum Gasteiger partial charge on any atom is 0.433 e. The number of halogens is 4. The van der Waals surface area contributed by atoms with Gasteiger partial charge in [0, 0.05) is 12.1 Å². The van der Waals surface area contributed by atoms with E-state index >= 15 is 0 Å². The number of alkyl halides is 3. The van der Waals surface area contributed by atoms with Crippen molar-refractivity contribution in [3.8, 4) is 0 Å². The standard InChI is InChI=1S/C13H17ClF3N3/c1-8(9-5-3-2-4-6-9)18-11-7-10(13(15,16)17)19-12(14)20-11/h7-9H,2-6H2,1H3,(H,18,19,20). The van der Waals surface area contributed by atoms with E-state index in [4.69, 9.17) is 11.6 Å². The largest absolute Gasteiger partial charge is 0.433 e. The molecule has 0 aromatic carbocycles. The highest BCUT2D eigenvalue weighted by Gasteiger charge is 2.34. The number of aromatic nitrogens is 2. The zero-order valence-electron chi connectivity index (χ0n) is 11.2. The normalized spacial score (nSPS) is 18.9. The summed E-state index contributed by atoms with van der Waals surface area (Å²) in [6.07, 6.45) is 1.26. The summed E-state index contributed by atoms with van der Waals surface area (Å²) in [5, 5.41) is 2.64. The molecule has 0 amide bonds. The van der Waals surface area contributed by atoms with Gasteiger partial charge in [-0.25, -0.2) is 9.97 Å². The van der Waals surface area contributed by atoms with E-state index in [1.807, 2.05) is 6.92 Å². The zero-order chi connectivity index (χ0) is 14.8. The van der Waals surface area contributed by atoms with Gasteiger partial charge < -0.3 is 5.32 Å². The van der Waals surface area contributed by atoms with E-state index in [1.165, 1.54) is 19.3 Å². The van der Waals surface area contributed by atoms with Crippen LogP contribution in [-0.2, 0) is 6.18 Å². The molecule has 0 saturated heterocycles. The third-order valence-corrected chi connectivity index (χ3v) is 3.89. The molecule has 20 heavy (non-hydrogen) atoms. The zero-order valence-corrected chi connectivity index (χ0v) is 11.9. The topological polar surface area (TPSA) is 37.8 Å². The van der Waals surface area contributed by atoms with E-state index in [0.717, 1.165) is 18.9 Å². The Kier molecular flexibility index (Phi) is 4.73. The monoisotopic (exact) mass is 307 g/mol. The van der Waals surface area contributed by atoms with Gasteiger partial charge in [0.1, 0.15) is 5.82 Å². The highest BCUT2D eigenvalue weighted by molar-refractivity contribution is 6.28. The number of hydrogen-bond donors (Lipinski definition) is 1. The van der Waals surface area contributed by atoms with Gasteiger partial charge in [0.25, 0.3) is 0 Å². The molecule has 0 spiro atoms. The molecule has 1 saturated carbocycles. The summed E-state index contributed by atoms with van der Waals surface area (Å²) in [6, 6.07) is 0.980. The van der Waals surface area contributed by atoms with Crippen LogP contribution in [-0.4, -0.2) is 16.0 Å². The average molecular weight is 308 g/mol. The summed E-state index contributed by atoms with van der Waals surface area (Å²) in [5.74, 6) is 0.599. The number of nitrogens with zero attached hydrogens (tertiary/aromatic N) is 2. The van der Waals surface area contributed by atoms with Crippen molar-refractivity contribution in [2.24, 2.45) is 5.92 Å². The first-order valence-electron chi connectivity index (χ1n) is 6.74. The van der Waals surface area contributed by atoms with Crippen molar-refractivity contribution in [1.29, 1.82) is 0 Å². The molecule has 1 aromatic rings. The van der Waals surface area contributed by atoms with E-state index < -0.39 is 17.2 Å². The minimum absolute atomic E-state index is 0.0716. The number of nitrogens with one attached hydrogen (secondary N) is 1. The number of hydrogen-bond acceptors (Lipinski definition) is 3. The molecular formula is C13H17ClF3N3. The Hall–Kier alpha value is -1.04. The molecule has 0 radical (unpaired) electrons. The minimum Gasteiger partial charge on any atom is -0.367 e. The molecule has 1 heterocycles. The van der Waals surface area contributed by atoms with Gasteiger partial charge in [0.15, 0.2) is 5.69 Å². The van der Waals surface area contributed by atoms with Gasteiger partial charge in [-0.05, 0) is 37.3 Å². The SMILES string of the molecule is CC(Nc1cc(C(F)(F)F)nc(Cl)n1)C1CCCCC1. The van der Waals surface area contributed by atoms with E-state index in [1.54, 1.807) is 0 Å². The lowest BCUT2D eigenvalue weighted by Gasteiger charge is -2.28. The van der Waals surface area contributed by atoms with E-state index in [-0.39, 0.29) is 11.9 Å². The summed E-state index contributed by atoms with van der Waals surface area (Å²) >= 11 is 5.56. The molecule has 1 unspecified atom stereocenters. The molecule has 0 bridgehead atoms. The van der Waals surface area contributed by atoms with Crippen molar-refractivity contribution in [3.05, 3.63) is 17.0 Å². The second-order valence-corrected chi connectivity index (χ2v) is 5.57. The van der Waals surface area contributed by atoms with E-state index in [2.05, 4.69) is 15.3 Å². The van der Waals surface area contributed by atoms with Crippen molar-refractivity contribution in [1.82, 2.24) is 9.97 Å². The van der Waals surface area contributed by atoms with Crippen LogP contribution >= 0.6 is 11.6 Å². The van der Waals surface area contributed by atoms with Crippen molar-refractivity contribution < 1.29 is 13.2 Å². The van der Waals surface area contributed by atoms with E-state index in [0.29, 0.717) is 5.92 Å². The lowest BCUT2D eigenvalue weighted by atomic mass is 9.84. The van der Waals surface area contributed by atoms with Crippen LogP contribution in [0.3, 0.4) is 0 Å². The average Bonchev–Trinajstić information content (AvgIpc) is 2.38. The summed E-state index contributed by atoms with van der Waals surface area (Å²) in [6.45, 7) is 1.97. The van der Waals surface area contributed by atoms with Crippen LogP contribution < -0.4 is 5.32 Å². The molecule has 3 nitrogen and oxygen atoms in total. The third kappa shape index (κ3) is 3.98. The lowest BCUT2D eigenvalue weighted by Crippen LogP contribution is -2.28. The lowest BCUT2D eigenvalue weighted by molar-refractivity contribution is -0.141. The van der Waals surface area contributed by atoms with Gasteiger partial charge in [-0.2, -0.15) is 13.2 Å². The fourth-order valence-corrected chi connectivity index (χ4v) is 2.80. The van der Waals surface area contributed by atoms with Crippen LogP contribution in [0, 0.1) is 5.92 Å². The summed E-state index contributed by atoms with van der Waals surface area (Å²) in [4.78, 5) is 7.04. The fraction of sp³-hybridized carbons (Fsp3) is 0.692. The molecule has 7 heteroatoms. The van der Waals surface area contributed by atoms with Gasteiger partial charge >= 0.3 is 6.18 Å². The summed E-state index contributed by atoms with van der Waals surface area (Å²) in [7, 11) is 0. The van der Waals surface area contributed by atoms with Gasteiger partial charge in [-0.3, -0.25) is 0 Å². The van der Waals surface area contributed by atoms with Gasteiger partial charge in [0.05, 0.1) is 0 Å². The number of rotatable bonds is 3. The van der Waals surface area contributed by atoms with Crippen molar-refractivity contribution in [2.45, 2.75) is 51.2 Å². The Balaban J connectivity index is 2.10. The molecule has 1 N–H and O–H groups in total. The quantitative estimate of drug-likeness (QED) is 0.834. The second-order valence-electron chi connectivity index (χ2n) is 5.24. The molecule has 1 atom stereocenters. The molecule has 112 valence electrons. The second kappa shape index (κ2) is 6.16. The molecule has 0 aliphatic heterocycles.